The van der Waals surface area contributed by atoms with E-state index < -0.39 is 0 Å². The third kappa shape index (κ3) is 4.82. The van der Waals surface area contributed by atoms with Gasteiger partial charge in [0.15, 0.2) is 12.4 Å². The maximum Gasteiger partial charge on any atom is 0.262 e. The number of ether oxygens (including phenoxy) is 1. The summed E-state index contributed by atoms with van der Waals surface area (Å²) in [5, 5.41) is 3.52. The van der Waals surface area contributed by atoms with Crippen LogP contribution in [0.5, 0.6) is 5.75 Å². The smallest absolute Gasteiger partial charge is 0.262 e. The molecule has 0 saturated carbocycles. The van der Waals surface area contributed by atoms with E-state index in [1.165, 1.54) is 0 Å². The number of aryl methyl sites for hydroxylation is 2. The van der Waals surface area contributed by atoms with Crippen molar-refractivity contribution in [2.24, 2.45) is 0 Å². The highest BCUT2D eigenvalue weighted by Gasteiger charge is 2.23. The lowest BCUT2D eigenvalue weighted by molar-refractivity contribution is -0.118. The molecule has 4 rings (SSSR count). The molecule has 168 valence electrons. The van der Waals surface area contributed by atoms with Crippen molar-refractivity contribution in [3.05, 3.63) is 94.7 Å². The fourth-order valence-corrected chi connectivity index (χ4v) is 3.73. The van der Waals surface area contributed by atoms with Gasteiger partial charge in [-0.15, -0.1) is 0 Å². The van der Waals surface area contributed by atoms with Gasteiger partial charge in [-0.05, 0) is 49.1 Å². The molecule has 1 heterocycles. The Kier molecular flexibility index (Phi) is 6.31. The molecule has 0 spiro atoms. The van der Waals surface area contributed by atoms with Crippen LogP contribution in [0.25, 0.3) is 11.0 Å². The summed E-state index contributed by atoms with van der Waals surface area (Å²) < 4.78 is 11.7. The van der Waals surface area contributed by atoms with Gasteiger partial charge < -0.3 is 14.5 Å². The second kappa shape index (κ2) is 9.33. The molecular formula is C28H27NO4. The topological polar surface area (TPSA) is 68.5 Å². The summed E-state index contributed by atoms with van der Waals surface area (Å²) in [6.45, 7) is 7.93. The normalized spacial score (nSPS) is 11.1. The molecule has 5 nitrogen and oxygen atoms in total. The SMILES string of the molecule is Cc1ccc(C(=O)c2oc3ccccc3c2NC(=O)COc2cc(C)ccc2C(C)C)cc1. The van der Waals surface area contributed by atoms with Crippen LogP contribution in [-0.2, 0) is 4.79 Å². The molecule has 0 radical (unpaired) electrons. The molecule has 0 fully saturated rings. The Balaban J connectivity index is 1.60. The lowest BCUT2D eigenvalue weighted by Gasteiger charge is -2.15. The van der Waals surface area contributed by atoms with Crippen molar-refractivity contribution in [1.29, 1.82) is 0 Å². The first kappa shape index (κ1) is 22.3. The number of carbonyl (C=O) groups is 2. The number of anilines is 1. The van der Waals surface area contributed by atoms with E-state index >= 15 is 0 Å². The van der Waals surface area contributed by atoms with Crippen molar-refractivity contribution < 1.29 is 18.7 Å². The first-order valence-electron chi connectivity index (χ1n) is 11.0. The zero-order chi connectivity index (χ0) is 23.5. The summed E-state index contributed by atoms with van der Waals surface area (Å²) in [6.07, 6.45) is 0. The zero-order valence-electron chi connectivity index (χ0n) is 19.3. The Labute approximate surface area is 193 Å². The average molecular weight is 442 g/mol. The molecule has 1 aromatic heterocycles. The monoisotopic (exact) mass is 441 g/mol. The van der Waals surface area contributed by atoms with E-state index in [4.69, 9.17) is 9.15 Å². The van der Waals surface area contributed by atoms with Gasteiger partial charge in [0, 0.05) is 10.9 Å². The minimum absolute atomic E-state index is 0.104. The molecule has 4 aromatic rings. The molecule has 0 saturated heterocycles. The van der Waals surface area contributed by atoms with Gasteiger partial charge in [0.05, 0.1) is 5.69 Å². The number of carbonyl (C=O) groups excluding carboxylic acids is 2. The van der Waals surface area contributed by atoms with E-state index in [9.17, 15) is 9.59 Å². The highest BCUT2D eigenvalue weighted by molar-refractivity contribution is 6.17. The summed E-state index contributed by atoms with van der Waals surface area (Å²) in [5.74, 6) is 0.402. The number of benzene rings is 3. The Bertz CT molecular complexity index is 1320. The summed E-state index contributed by atoms with van der Waals surface area (Å²) in [7, 11) is 0. The number of furan rings is 1. The van der Waals surface area contributed by atoms with Gasteiger partial charge in [0.2, 0.25) is 5.78 Å². The van der Waals surface area contributed by atoms with E-state index in [0.717, 1.165) is 16.7 Å². The van der Waals surface area contributed by atoms with Crippen LogP contribution in [-0.4, -0.2) is 18.3 Å². The number of ketones is 1. The van der Waals surface area contributed by atoms with Crippen molar-refractivity contribution in [3.8, 4) is 5.75 Å². The molecule has 0 aliphatic heterocycles. The number of para-hydroxylation sites is 1. The predicted molar refractivity (Wildman–Crippen MR) is 130 cm³/mol. The second-order valence-electron chi connectivity index (χ2n) is 8.53. The maximum atomic E-state index is 13.2. The Morgan fingerprint density at radius 2 is 1.64 bits per heavy atom. The molecule has 0 atom stereocenters. The maximum absolute atomic E-state index is 13.2. The third-order valence-electron chi connectivity index (χ3n) is 5.53. The zero-order valence-corrected chi connectivity index (χ0v) is 19.3. The van der Waals surface area contributed by atoms with Crippen LogP contribution >= 0.6 is 0 Å². The Morgan fingerprint density at radius 3 is 2.36 bits per heavy atom. The minimum atomic E-state index is -0.365. The molecule has 1 amide bonds. The number of fused-ring (bicyclic) bond motifs is 1. The van der Waals surface area contributed by atoms with Crippen LogP contribution < -0.4 is 10.1 Å². The number of rotatable bonds is 7. The molecule has 0 unspecified atom stereocenters. The number of amides is 1. The van der Waals surface area contributed by atoms with Gasteiger partial charge in [-0.25, -0.2) is 0 Å². The van der Waals surface area contributed by atoms with Crippen LogP contribution in [0.1, 0.15) is 52.6 Å². The van der Waals surface area contributed by atoms with Gasteiger partial charge >= 0.3 is 0 Å². The lowest BCUT2D eigenvalue weighted by atomic mass is 10.0. The van der Waals surface area contributed by atoms with Gasteiger partial charge in [-0.2, -0.15) is 0 Å². The van der Waals surface area contributed by atoms with Crippen molar-refractivity contribution in [2.75, 3.05) is 11.9 Å². The molecule has 1 N–H and O–H groups in total. The van der Waals surface area contributed by atoms with Crippen molar-refractivity contribution >= 4 is 28.3 Å². The van der Waals surface area contributed by atoms with Crippen LogP contribution in [0.3, 0.4) is 0 Å². The summed E-state index contributed by atoms with van der Waals surface area (Å²) in [5.41, 5.74) is 4.54. The van der Waals surface area contributed by atoms with Gasteiger partial charge in [0.1, 0.15) is 11.3 Å². The van der Waals surface area contributed by atoms with Crippen LogP contribution in [0.2, 0.25) is 0 Å². The fraction of sp³-hybridized carbons (Fsp3) is 0.214. The molecule has 0 bridgehead atoms. The minimum Gasteiger partial charge on any atom is -0.483 e. The van der Waals surface area contributed by atoms with E-state index in [0.29, 0.717) is 28.0 Å². The molecule has 33 heavy (non-hydrogen) atoms. The van der Waals surface area contributed by atoms with Gasteiger partial charge in [0.25, 0.3) is 5.91 Å². The third-order valence-corrected chi connectivity index (χ3v) is 5.53. The van der Waals surface area contributed by atoms with Crippen molar-refractivity contribution in [2.45, 2.75) is 33.6 Å². The van der Waals surface area contributed by atoms with E-state index in [1.807, 2.05) is 62.4 Å². The average Bonchev–Trinajstić information content (AvgIpc) is 3.16. The molecule has 3 aromatic carbocycles. The van der Waals surface area contributed by atoms with E-state index in [2.05, 4.69) is 19.2 Å². The van der Waals surface area contributed by atoms with Crippen molar-refractivity contribution in [1.82, 2.24) is 0 Å². The second-order valence-corrected chi connectivity index (χ2v) is 8.53. The summed E-state index contributed by atoms with van der Waals surface area (Å²) in [6, 6.07) is 20.5. The predicted octanol–water partition coefficient (Wildman–Crippen LogP) is 6.42. The first-order valence-corrected chi connectivity index (χ1v) is 11.0. The lowest BCUT2D eigenvalue weighted by Crippen LogP contribution is -2.21. The number of hydrogen-bond donors (Lipinski definition) is 1. The van der Waals surface area contributed by atoms with Gasteiger partial charge in [-0.1, -0.05) is 67.9 Å². The van der Waals surface area contributed by atoms with Crippen molar-refractivity contribution in [3.63, 3.8) is 0 Å². The van der Waals surface area contributed by atoms with Crippen LogP contribution in [0, 0.1) is 13.8 Å². The van der Waals surface area contributed by atoms with Crippen LogP contribution in [0.4, 0.5) is 5.69 Å². The molecular weight excluding hydrogens is 414 g/mol. The first-order chi connectivity index (χ1) is 15.8. The highest BCUT2D eigenvalue weighted by atomic mass is 16.5. The molecule has 0 aliphatic rings. The number of hydrogen-bond acceptors (Lipinski definition) is 4. The Hall–Kier alpha value is -3.86. The number of nitrogens with one attached hydrogen (secondary N) is 1. The van der Waals surface area contributed by atoms with Crippen LogP contribution in [0.15, 0.2) is 71.1 Å². The quantitative estimate of drug-likeness (QED) is 0.336. The van der Waals surface area contributed by atoms with E-state index in [1.54, 1.807) is 18.2 Å². The Morgan fingerprint density at radius 1 is 0.939 bits per heavy atom. The highest BCUT2D eigenvalue weighted by Crippen LogP contribution is 2.33. The summed E-state index contributed by atoms with van der Waals surface area (Å²) in [4.78, 5) is 26.1. The summed E-state index contributed by atoms with van der Waals surface area (Å²) >= 11 is 0. The van der Waals surface area contributed by atoms with Gasteiger partial charge in [-0.3, -0.25) is 9.59 Å². The molecule has 0 aliphatic carbocycles. The van der Waals surface area contributed by atoms with E-state index in [-0.39, 0.29) is 30.0 Å². The largest absolute Gasteiger partial charge is 0.483 e. The standard InChI is InChI=1S/C28H27NO4/c1-17(2)21-14-11-19(4)15-24(21)32-16-25(30)29-26-22-7-5-6-8-23(22)33-28(26)27(31)20-12-9-18(3)10-13-20/h5-15,17H,16H2,1-4H3,(H,29,30). The fourth-order valence-electron chi connectivity index (χ4n) is 3.73. The molecule has 5 heteroatoms.